The van der Waals surface area contributed by atoms with Crippen molar-refractivity contribution in [3.05, 3.63) is 34.7 Å². The fraction of sp³-hybridized carbons (Fsp3) is 0.500. The van der Waals surface area contributed by atoms with Crippen LogP contribution in [-0.2, 0) is 13.1 Å². The van der Waals surface area contributed by atoms with Gasteiger partial charge in [0.25, 0.3) is 0 Å². The highest BCUT2D eigenvalue weighted by Crippen LogP contribution is 2.32. The number of nitrogens with one attached hydrogen (secondary N) is 1. The number of thiophene rings is 1. The molecule has 0 saturated carbocycles. The molecular weight excluding hydrogens is 266 g/mol. The van der Waals surface area contributed by atoms with Gasteiger partial charge in [-0.25, -0.2) is 0 Å². The van der Waals surface area contributed by atoms with Crippen molar-refractivity contribution < 1.29 is 0 Å². The molecule has 1 saturated heterocycles. The first-order valence-electron chi connectivity index (χ1n) is 7.32. The summed E-state index contributed by atoms with van der Waals surface area (Å²) in [4.78, 5) is 6.50. The minimum Gasteiger partial charge on any atom is -0.315 e. The molecule has 3 nitrogen and oxygen atoms in total. The molecule has 4 heteroatoms. The van der Waals surface area contributed by atoms with Crippen molar-refractivity contribution in [1.29, 1.82) is 0 Å². The van der Waals surface area contributed by atoms with Crippen LogP contribution in [0.2, 0.25) is 0 Å². The van der Waals surface area contributed by atoms with Crippen molar-refractivity contribution in [2.45, 2.75) is 13.1 Å². The number of piperazine rings is 1. The second kappa shape index (κ2) is 6.22. The molecule has 0 unspecified atom stereocenters. The van der Waals surface area contributed by atoms with Crippen LogP contribution in [0.3, 0.4) is 0 Å². The van der Waals surface area contributed by atoms with Crippen molar-refractivity contribution in [2.75, 3.05) is 40.3 Å². The minimum atomic E-state index is 0.975. The van der Waals surface area contributed by atoms with E-state index in [1.165, 1.54) is 46.7 Å². The van der Waals surface area contributed by atoms with E-state index in [-0.39, 0.29) is 0 Å². The first-order valence-corrected chi connectivity index (χ1v) is 8.14. The Hall–Kier alpha value is -0.940. The summed E-state index contributed by atoms with van der Waals surface area (Å²) in [5.41, 5.74) is 1.53. The Bertz CT molecular complexity index is 570. The fourth-order valence-electron chi connectivity index (χ4n) is 2.86. The summed E-state index contributed by atoms with van der Waals surface area (Å²) in [5.74, 6) is 0. The molecule has 0 atom stereocenters. The van der Waals surface area contributed by atoms with Crippen LogP contribution in [0.25, 0.3) is 10.1 Å². The van der Waals surface area contributed by atoms with E-state index >= 15 is 0 Å². The second-order valence-corrected chi connectivity index (χ2v) is 6.75. The lowest BCUT2D eigenvalue weighted by Gasteiger charge is -2.32. The Kier molecular flexibility index (Phi) is 4.36. The normalized spacial score (nSPS) is 17.9. The van der Waals surface area contributed by atoms with Gasteiger partial charge < -0.3 is 10.2 Å². The van der Waals surface area contributed by atoms with Gasteiger partial charge in [-0.2, -0.15) is 0 Å². The number of nitrogens with zero attached hydrogens (tertiary/aromatic N) is 2. The summed E-state index contributed by atoms with van der Waals surface area (Å²) in [6.07, 6.45) is 0. The Balaban J connectivity index is 1.86. The van der Waals surface area contributed by atoms with Gasteiger partial charge >= 0.3 is 0 Å². The van der Waals surface area contributed by atoms with Crippen molar-refractivity contribution in [3.8, 4) is 0 Å². The van der Waals surface area contributed by atoms with Gasteiger partial charge in [0, 0.05) is 48.8 Å². The van der Waals surface area contributed by atoms with Crippen LogP contribution in [0.5, 0.6) is 0 Å². The molecule has 3 rings (SSSR count). The summed E-state index contributed by atoms with van der Waals surface area (Å²) in [7, 11) is 4.24. The lowest BCUT2D eigenvalue weighted by atomic mass is 10.1. The number of benzene rings is 1. The van der Waals surface area contributed by atoms with Crippen LogP contribution in [0.15, 0.2) is 24.3 Å². The monoisotopic (exact) mass is 289 g/mol. The molecule has 1 fully saturated rings. The molecule has 0 spiro atoms. The highest BCUT2D eigenvalue weighted by Gasteiger charge is 2.18. The molecule has 20 heavy (non-hydrogen) atoms. The molecular formula is C16H23N3S. The van der Waals surface area contributed by atoms with E-state index < -0.39 is 0 Å². The largest absolute Gasteiger partial charge is 0.315 e. The highest BCUT2D eigenvalue weighted by atomic mass is 32.1. The predicted octanol–water partition coefficient (Wildman–Crippen LogP) is 2.37. The molecule has 108 valence electrons. The summed E-state index contributed by atoms with van der Waals surface area (Å²) >= 11 is 1.94. The van der Waals surface area contributed by atoms with Crippen LogP contribution in [0, 0.1) is 0 Å². The van der Waals surface area contributed by atoms with Crippen molar-refractivity contribution in [2.24, 2.45) is 0 Å². The quantitative estimate of drug-likeness (QED) is 0.932. The number of likely N-dealkylation sites (N-methyl/N-ethyl adjacent to an activating group) is 1. The van der Waals surface area contributed by atoms with Gasteiger partial charge in [-0.1, -0.05) is 18.2 Å². The summed E-state index contributed by atoms with van der Waals surface area (Å²) < 4.78 is 1.42. The number of hydrogen-bond donors (Lipinski definition) is 1. The van der Waals surface area contributed by atoms with Crippen LogP contribution < -0.4 is 5.32 Å². The van der Waals surface area contributed by atoms with E-state index in [4.69, 9.17) is 0 Å². The molecule has 0 bridgehead atoms. The van der Waals surface area contributed by atoms with E-state index in [2.05, 4.69) is 46.4 Å². The zero-order valence-electron chi connectivity index (χ0n) is 12.4. The highest BCUT2D eigenvalue weighted by molar-refractivity contribution is 7.19. The summed E-state index contributed by atoms with van der Waals surface area (Å²) in [5, 5.41) is 4.76. The topological polar surface area (TPSA) is 18.5 Å². The molecule has 1 aromatic heterocycles. The van der Waals surface area contributed by atoms with Crippen LogP contribution in [0.1, 0.15) is 10.4 Å². The maximum atomic E-state index is 3.31. The van der Waals surface area contributed by atoms with E-state index in [0.717, 1.165) is 13.1 Å². The van der Waals surface area contributed by atoms with Crippen molar-refractivity contribution in [1.82, 2.24) is 15.1 Å². The molecule has 2 heterocycles. The van der Waals surface area contributed by atoms with Crippen molar-refractivity contribution >= 4 is 21.4 Å². The Morgan fingerprint density at radius 1 is 1.15 bits per heavy atom. The third-order valence-electron chi connectivity index (χ3n) is 4.10. The zero-order valence-corrected chi connectivity index (χ0v) is 13.2. The lowest BCUT2D eigenvalue weighted by Crippen LogP contribution is -2.44. The SMILES string of the molecule is CNCc1sc2ccccc2c1CN1CCN(C)CC1. The van der Waals surface area contributed by atoms with Gasteiger partial charge in [0.1, 0.15) is 0 Å². The van der Waals surface area contributed by atoms with Crippen molar-refractivity contribution in [3.63, 3.8) is 0 Å². The molecule has 0 radical (unpaired) electrons. The summed E-state index contributed by atoms with van der Waals surface area (Å²) in [6, 6.07) is 8.82. The van der Waals surface area contributed by atoms with E-state index in [1.54, 1.807) is 0 Å². The van der Waals surface area contributed by atoms with Gasteiger partial charge in [0.15, 0.2) is 0 Å². The third kappa shape index (κ3) is 2.88. The first kappa shape index (κ1) is 14.0. The van der Waals surface area contributed by atoms with Gasteiger partial charge in [-0.3, -0.25) is 4.90 Å². The smallest absolute Gasteiger partial charge is 0.0349 e. The van der Waals surface area contributed by atoms with Gasteiger partial charge in [-0.15, -0.1) is 11.3 Å². The van der Waals surface area contributed by atoms with Crippen LogP contribution in [0.4, 0.5) is 0 Å². The second-order valence-electron chi connectivity index (χ2n) is 5.61. The molecule has 0 amide bonds. The Morgan fingerprint density at radius 3 is 2.65 bits per heavy atom. The minimum absolute atomic E-state index is 0.975. The maximum absolute atomic E-state index is 3.31. The van der Waals surface area contributed by atoms with E-state index in [0.29, 0.717) is 0 Å². The van der Waals surface area contributed by atoms with Gasteiger partial charge in [0.05, 0.1) is 0 Å². The van der Waals surface area contributed by atoms with E-state index in [9.17, 15) is 0 Å². The average molecular weight is 289 g/mol. The first-order chi connectivity index (χ1) is 9.78. The van der Waals surface area contributed by atoms with Crippen LogP contribution >= 0.6 is 11.3 Å². The Morgan fingerprint density at radius 2 is 1.90 bits per heavy atom. The van der Waals surface area contributed by atoms with Gasteiger partial charge in [-0.05, 0) is 31.1 Å². The average Bonchev–Trinajstić information content (AvgIpc) is 2.80. The van der Waals surface area contributed by atoms with E-state index in [1.807, 2.05) is 18.4 Å². The lowest BCUT2D eigenvalue weighted by molar-refractivity contribution is 0.148. The zero-order chi connectivity index (χ0) is 13.9. The molecule has 2 aromatic rings. The number of rotatable bonds is 4. The molecule has 1 aliphatic rings. The standard InChI is InChI=1S/C16H23N3S/c1-17-11-16-14(12-19-9-7-18(2)8-10-19)13-5-3-4-6-15(13)20-16/h3-6,17H,7-12H2,1-2H3. The number of hydrogen-bond acceptors (Lipinski definition) is 4. The van der Waals surface area contributed by atoms with Gasteiger partial charge in [0.2, 0.25) is 0 Å². The number of fused-ring (bicyclic) bond motifs is 1. The molecule has 0 aliphatic carbocycles. The molecule has 1 aliphatic heterocycles. The van der Waals surface area contributed by atoms with Crippen LogP contribution in [-0.4, -0.2) is 50.1 Å². The maximum Gasteiger partial charge on any atom is 0.0349 e. The Labute approximate surface area is 125 Å². The summed E-state index contributed by atoms with van der Waals surface area (Å²) in [6.45, 7) is 6.80. The fourth-order valence-corrected chi connectivity index (χ4v) is 4.08. The molecule has 1 aromatic carbocycles. The predicted molar refractivity (Wildman–Crippen MR) is 87.4 cm³/mol. The molecule has 1 N–H and O–H groups in total. The third-order valence-corrected chi connectivity index (χ3v) is 5.31.